The summed E-state index contributed by atoms with van der Waals surface area (Å²) in [6.45, 7) is 6.91. The van der Waals surface area contributed by atoms with Crippen molar-refractivity contribution >= 4 is 17.2 Å². The fraction of sp³-hybridized carbons (Fsp3) is 0.474. The van der Waals surface area contributed by atoms with Crippen LogP contribution < -0.4 is 4.90 Å². The summed E-state index contributed by atoms with van der Waals surface area (Å²) < 4.78 is 2.24. The van der Waals surface area contributed by atoms with Gasteiger partial charge in [-0.25, -0.2) is 19.9 Å². The van der Waals surface area contributed by atoms with Crippen molar-refractivity contribution in [2.45, 2.75) is 45.6 Å². The Hall–Kier alpha value is -2.28. The number of imidazole rings is 1. The first-order chi connectivity index (χ1) is 12.7. The van der Waals surface area contributed by atoms with Crippen LogP contribution in [0.4, 0.5) is 5.82 Å². The summed E-state index contributed by atoms with van der Waals surface area (Å²) in [4.78, 5) is 20.7. The summed E-state index contributed by atoms with van der Waals surface area (Å²) in [5.41, 5.74) is 4.09. The minimum atomic E-state index is 0.415. The van der Waals surface area contributed by atoms with Crippen molar-refractivity contribution in [1.29, 1.82) is 0 Å². The Balaban J connectivity index is 1.54. The maximum atomic E-state index is 4.68. The Kier molecular flexibility index (Phi) is 4.97. The molecule has 0 saturated carbocycles. The van der Waals surface area contributed by atoms with Gasteiger partial charge < -0.3 is 9.47 Å². The molecule has 4 rings (SSSR count). The van der Waals surface area contributed by atoms with Crippen molar-refractivity contribution < 1.29 is 0 Å². The predicted octanol–water partition coefficient (Wildman–Crippen LogP) is 3.43. The van der Waals surface area contributed by atoms with E-state index >= 15 is 0 Å². The molecule has 1 aliphatic heterocycles. The fourth-order valence-electron chi connectivity index (χ4n) is 3.66. The summed E-state index contributed by atoms with van der Waals surface area (Å²) >= 11 is 1.64. The van der Waals surface area contributed by atoms with Crippen LogP contribution in [0.25, 0.3) is 0 Å². The van der Waals surface area contributed by atoms with Crippen molar-refractivity contribution in [1.82, 2.24) is 24.5 Å². The highest BCUT2D eigenvalue weighted by molar-refractivity contribution is 7.07. The zero-order chi connectivity index (χ0) is 17.9. The monoisotopic (exact) mass is 368 g/mol. The number of aryl methyl sites for hydroxylation is 2. The van der Waals surface area contributed by atoms with Crippen molar-refractivity contribution in [3.05, 3.63) is 52.4 Å². The van der Waals surface area contributed by atoms with Crippen molar-refractivity contribution in [2.24, 2.45) is 0 Å². The topological polar surface area (TPSA) is 59.7 Å². The summed E-state index contributed by atoms with van der Waals surface area (Å²) in [5, 5.41) is 2.10. The molecule has 136 valence electrons. The lowest BCUT2D eigenvalue weighted by atomic mass is 9.97. The van der Waals surface area contributed by atoms with E-state index in [1.165, 1.54) is 0 Å². The van der Waals surface area contributed by atoms with Gasteiger partial charge in [0.15, 0.2) is 0 Å². The molecule has 7 heteroatoms. The number of anilines is 1. The number of aromatic nitrogens is 5. The highest BCUT2D eigenvalue weighted by atomic mass is 32.1. The lowest BCUT2D eigenvalue weighted by molar-refractivity contribution is 0.473. The van der Waals surface area contributed by atoms with Crippen LogP contribution in [-0.4, -0.2) is 37.6 Å². The van der Waals surface area contributed by atoms with Crippen LogP contribution in [0.3, 0.4) is 0 Å². The van der Waals surface area contributed by atoms with Gasteiger partial charge >= 0.3 is 0 Å². The Morgan fingerprint density at radius 3 is 2.96 bits per heavy atom. The van der Waals surface area contributed by atoms with Crippen LogP contribution in [-0.2, 0) is 13.0 Å². The van der Waals surface area contributed by atoms with Crippen LogP contribution in [0.15, 0.2) is 29.4 Å². The third kappa shape index (κ3) is 3.62. The zero-order valence-electron chi connectivity index (χ0n) is 15.3. The van der Waals surface area contributed by atoms with Gasteiger partial charge in [-0.15, -0.1) is 11.3 Å². The van der Waals surface area contributed by atoms with Crippen LogP contribution in [0, 0.1) is 6.92 Å². The molecular weight excluding hydrogens is 344 g/mol. The van der Waals surface area contributed by atoms with E-state index in [2.05, 4.69) is 54.0 Å². The lowest BCUT2D eigenvalue weighted by Gasteiger charge is -2.33. The number of thiazole rings is 1. The second-order valence-corrected chi connectivity index (χ2v) is 7.52. The molecule has 26 heavy (non-hydrogen) atoms. The first kappa shape index (κ1) is 17.1. The minimum Gasteiger partial charge on any atom is -0.356 e. The van der Waals surface area contributed by atoms with Crippen molar-refractivity contribution in [2.75, 3.05) is 18.0 Å². The standard InChI is InChI=1S/C19H24N6S/c1-3-16-9-18(23-14(2)22-16)24-7-4-5-15(10-24)19-20-6-8-25(19)11-17-12-26-13-21-17/h6,8-9,12-13,15H,3-5,7,10-11H2,1-2H3. The maximum Gasteiger partial charge on any atom is 0.132 e. The molecule has 3 aromatic heterocycles. The molecule has 0 radical (unpaired) electrons. The molecular formula is C19H24N6S. The average Bonchev–Trinajstić information content (AvgIpc) is 3.34. The molecule has 6 nitrogen and oxygen atoms in total. The third-order valence-electron chi connectivity index (χ3n) is 4.91. The Morgan fingerprint density at radius 2 is 2.15 bits per heavy atom. The second kappa shape index (κ2) is 7.53. The predicted molar refractivity (Wildman–Crippen MR) is 104 cm³/mol. The maximum absolute atomic E-state index is 4.68. The highest BCUT2D eigenvalue weighted by Gasteiger charge is 2.26. The van der Waals surface area contributed by atoms with Gasteiger partial charge in [0, 0.05) is 48.5 Å². The lowest BCUT2D eigenvalue weighted by Crippen LogP contribution is -2.36. The van der Waals surface area contributed by atoms with Gasteiger partial charge in [0.05, 0.1) is 17.7 Å². The van der Waals surface area contributed by atoms with Crippen LogP contribution >= 0.6 is 11.3 Å². The second-order valence-electron chi connectivity index (χ2n) is 6.80. The number of hydrogen-bond donors (Lipinski definition) is 0. The number of piperidine rings is 1. The summed E-state index contributed by atoms with van der Waals surface area (Å²) in [6.07, 6.45) is 7.22. The molecule has 1 atom stereocenters. The van der Waals surface area contributed by atoms with Gasteiger partial charge in [-0.1, -0.05) is 6.92 Å². The smallest absolute Gasteiger partial charge is 0.132 e. The molecule has 0 bridgehead atoms. The molecule has 1 unspecified atom stereocenters. The van der Waals surface area contributed by atoms with Gasteiger partial charge in [0.2, 0.25) is 0 Å². The Morgan fingerprint density at radius 1 is 1.23 bits per heavy atom. The third-order valence-corrected chi connectivity index (χ3v) is 5.55. The molecule has 0 aromatic carbocycles. The van der Waals surface area contributed by atoms with E-state index in [0.29, 0.717) is 5.92 Å². The zero-order valence-corrected chi connectivity index (χ0v) is 16.1. The average molecular weight is 369 g/mol. The minimum absolute atomic E-state index is 0.415. The molecule has 1 saturated heterocycles. The number of rotatable bonds is 5. The van der Waals surface area contributed by atoms with Crippen LogP contribution in [0.2, 0.25) is 0 Å². The molecule has 3 aromatic rings. The van der Waals surface area contributed by atoms with E-state index in [4.69, 9.17) is 0 Å². The first-order valence-electron chi connectivity index (χ1n) is 9.20. The molecule has 1 aliphatic rings. The normalized spacial score (nSPS) is 17.6. The molecule has 0 N–H and O–H groups in total. The van der Waals surface area contributed by atoms with Crippen molar-refractivity contribution in [3.8, 4) is 0 Å². The number of hydrogen-bond acceptors (Lipinski definition) is 6. The SMILES string of the molecule is CCc1cc(N2CCCC(c3nccn3Cc3cscn3)C2)nc(C)n1. The van der Waals surface area contributed by atoms with E-state index in [9.17, 15) is 0 Å². The highest BCUT2D eigenvalue weighted by Crippen LogP contribution is 2.29. The molecule has 0 amide bonds. The first-order valence-corrected chi connectivity index (χ1v) is 10.1. The Bertz CT molecular complexity index is 857. The fourth-order valence-corrected chi connectivity index (χ4v) is 4.21. The largest absolute Gasteiger partial charge is 0.356 e. The van der Waals surface area contributed by atoms with E-state index in [1.54, 1.807) is 11.3 Å². The molecule has 1 fully saturated rings. The molecule has 0 spiro atoms. The van der Waals surface area contributed by atoms with Gasteiger partial charge in [0.1, 0.15) is 17.5 Å². The van der Waals surface area contributed by atoms with Crippen molar-refractivity contribution in [3.63, 3.8) is 0 Å². The van der Waals surface area contributed by atoms with Gasteiger partial charge in [-0.3, -0.25) is 0 Å². The van der Waals surface area contributed by atoms with E-state index in [-0.39, 0.29) is 0 Å². The van der Waals surface area contributed by atoms with Gasteiger partial charge in [-0.2, -0.15) is 0 Å². The van der Waals surface area contributed by atoms with E-state index in [1.807, 2.05) is 18.6 Å². The molecule has 0 aliphatic carbocycles. The summed E-state index contributed by atoms with van der Waals surface area (Å²) in [6, 6.07) is 2.14. The van der Waals surface area contributed by atoms with Crippen LogP contribution in [0.1, 0.15) is 48.7 Å². The number of nitrogens with zero attached hydrogens (tertiary/aromatic N) is 6. The summed E-state index contributed by atoms with van der Waals surface area (Å²) in [5.74, 6) is 3.48. The van der Waals surface area contributed by atoms with E-state index < -0.39 is 0 Å². The van der Waals surface area contributed by atoms with Gasteiger partial charge in [-0.05, 0) is 26.2 Å². The quantitative estimate of drug-likeness (QED) is 0.690. The molecule has 4 heterocycles. The van der Waals surface area contributed by atoms with Gasteiger partial charge in [0.25, 0.3) is 0 Å². The summed E-state index contributed by atoms with van der Waals surface area (Å²) in [7, 11) is 0. The van der Waals surface area contributed by atoms with E-state index in [0.717, 1.165) is 67.8 Å². The Labute approximate surface area is 158 Å². The van der Waals surface area contributed by atoms with Crippen LogP contribution in [0.5, 0.6) is 0 Å².